The standard InChI is InChI=1S/C11H15NO/c1-7-3-4-9-10(13)5-6-12-11(9)8(7)2/h3-4,10,12-13H,5-6H2,1-2H3. The summed E-state index contributed by atoms with van der Waals surface area (Å²) < 4.78 is 0. The Hall–Kier alpha value is -1.02. The van der Waals surface area contributed by atoms with Crippen molar-refractivity contribution >= 4 is 5.69 Å². The highest BCUT2D eigenvalue weighted by Gasteiger charge is 2.19. The SMILES string of the molecule is Cc1ccc2c(c1C)NCCC2O. The van der Waals surface area contributed by atoms with Gasteiger partial charge in [-0.1, -0.05) is 12.1 Å². The van der Waals surface area contributed by atoms with Gasteiger partial charge < -0.3 is 10.4 Å². The number of aliphatic hydroxyl groups excluding tert-OH is 1. The fourth-order valence-electron chi connectivity index (χ4n) is 1.84. The first-order valence-corrected chi connectivity index (χ1v) is 4.72. The summed E-state index contributed by atoms with van der Waals surface area (Å²) in [5.41, 5.74) is 4.73. The van der Waals surface area contributed by atoms with Crippen LogP contribution in [0, 0.1) is 13.8 Å². The summed E-state index contributed by atoms with van der Waals surface area (Å²) in [5, 5.41) is 13.1. The molecule has 0 saturated carbocycles. The lowest BCUT2D eigenvalue weighted by molar-refractivity contribution is 0.168. The Morgan fingerprint density at radius 3 is 2.92 bits per heavy atom. The monoisotopic (exact) mass is 177 g/mol. The molecule has 0 spiro atoms. The van der Waals surface area contributed by atoms with Crippen LogP contribution in [0.15, 0.2) is 12.1 Å². The molecule has 0 fully saturated rings. The highest BCUT2D eigenvalue weighted by atomic mass is 16.3. The number of hydrogen-bond acceptors (Lipinski definition) is 2. The minimum Gasteiger partial charge on any atom is -0.388 e. The molecule has 1 unspecified atom stereocenters. The molecule has 70 valence electrons. The van der Waals surface area contributed by atoms with Crippen molar-refractivity contribution in [3.8, 4) is 0 Å². The predicted molar refractivity (Wildman–Crippen MR) is 54.0 cm³/mol. The Morgan fingerprint density at radius 1 is 1.38 bits per heavy atom. The van der Waals surface area contributed by atoms with Crippen LogP contribution in [-0.4, -0.2) is 11.7 Å². The number of fused-ring (bicyclic) bond motifs is 1. The fraction of sp³-hybridized carbons (Fsp3) is 0.455. The van der Waals surface area contributed by atoms with E-state index in [1.54, 1.807) is 0 Å². The van der Waals surface area contributed by atoms with Crippen LogP contribution < -0.4 is 5.32 Å². The van der Waals surface area contributed by atoms with Crippen LogP contribution >= 0.6 is 0 Å². The zero-order chi connectivity index (χ0) is 9.42. The summed E-state index contributed by atoms with van der Waals surface area (Å²) in [6.45, 7) is 5.07. The van der Waals surface area contributed by atoms with Gasteiger partial charge in [-0.25, -0.2) is 0 Å². The lowest BCUT2D eigenvalue weighted by Gasteiger charge is -2.25. The molecule has 2 N–H and O–H groups in total. The molecule has 1 aromatic rings. The van der Waals surface area contributed by atoms with Crippen molar-refractivity contribution < 1.29 is 5.11 Å². The maximum atomic E-state index is 9.74. The molecule has 0 radical (unpaired) electrons. The van der Waals surface area contributed by atoms with Crippen LogP contribution in [0.3, 0.4) is 0 Å². The summed E-state index contributed by atoms with van der Waals surface area (Å²) in [6.07, 6.45) is 0.533. The Balaban J connectivity index is 2.56. The first-order chi connectivity index (χ1) is 6.20. The third-order valence-electron chi connectivity index (χ3n) is 2.85. The van der Waals surface area contributed by atoms with Gasteiger partial charge in [0.15, 0.2) is 0 Å². The lowest BCUT2D eigenvalue weighted by atomic mass is 9.95. The van der Waals surface area contributed by atoms with Gasteiger partial charge in [-0.3, -0.25) is 0 Å². The van der Waals surface area contributed by atoms with Crippen LogP contribution in [0.4, 0.5) is 5.69 Å². The summed E-state index contributed by atoms with van der Waals surface area (Å²) in [6, 6.07) is 4.10. The van der Waals surface area contributed by atoms with Crippen molar-refractivity contribution in [1.82, 2.24) is 0 Å². The van der Waals surface area contributed by atoms with E-state index in [1.807, 2.05) is 6.07 Å². The molecule has 13 heavy (non-hydrogen) atoms. The van der Waals surface area contributed by atoms with Gasteiger partial charge in [0.2, 0.25) is 0 Å². The molecule has 1 atom stereocenters. The van der Waals surface area contributed by atoms with E-state index >= 15 is 0 Å². The molecule has 1 aromatic carbocycles. The number of hydrogen-bond donors (Lipinski definition) is 2. The number of nitrogens with one attached hydrogen (secondary N) is 1. The Labute approximate surface area is 78.6 Å². The van der Waals surface area contributed by atoms with E-state index in [0.717, 1.165) is 24.2 Å². The quantitative estimate of drug-likeness (QED) is 0.636. The fourth-order valence-corrected chi connectivity index (χ4v) is 1.84. The van der Waals surface area contributed by atoms with Gasteiger partial charge in [0.25, 0.3) is 0 Å². The number of benzene rings is 1. The lowest BCUT2D eigenvalue weighted by Crippen LogP contribution is -2.17. The Bertz CT molecular complexity index is 333. The number of aliphatic hydroxyl groups is 1. The first kappa shape index (κ1) is 8.57. The van der Waals surface area contributed by atoms with Crippen LogP contribution in [0.5, 0.6) is 0 Å². The van der Waals surface area contributed by atoms with Crippen molar-refractivity contribution in [3.63, 3.8) is 0 Å². The van der Waals surface area contributed by atoms with Crippen molar-refractivity contribution in [2.75, 3.05) is 11.9 Å². The Kier molecular flexibility index (Phi) is 2.00. The third-order valence-corrected chi connectivity index (χ3v) is 2.85. The number of aryl methyl sites for hydroxylation is 1. The molecule has 0 saturated heterocycles. The molecule has 2 nitrogen and oxygen atoms in total. The molecule has 0 aliphatic carbocycles. The van der Waals surface area contributed by atoms with Gasteiger partial charge >= 0.3 is 0 Å². The third kappa shape index (κ3) is 1.31. The summed E-state index contributed by atoms with van der Waals surface area (Å²) in [5.74, 6) is 0. The van der Waals surface area contributed by atoms with Crippen molar-refractivity contribution in [3.05, 3.63) is 28.8 Å². The average molecular weight is 177 g/mol. The van der Waals surface area contributed by atoms with Crippen LogP contribution in [0.1, 0.15) is 29.2 Å². The Morgan fingerprint density at radius 2 is 2.15 bits per heavy atom. The van der Waals surface area contributed by atoms with Gasteiger partial charge in [0.1, 0.15) is 0 Å². The summed E-state index contributed by atoms with van der Waals surface area (Å²) in [4.78, 5) is 0. The van der Waals surface area contributed by atoms with Crippen molar-refractivity contribution in [2.24, 2.45) is 0 Å². The average Bonchev–Trinajstić information content (AvgIpc) is 2.12. The summed E-state index contributed by atoms with van der Waals surface area (Å²) in [7, 11) is 0. The van der Waals surface area contributed by atoms with Gasteiger partial charge in [-0.15, -0.1) is 0 Å². The van der Waals surface area contributed by atoms with Crippen molar-refractivity contribution in [1.29, 1.82) is 0 Å². The largest absolute Gasteiger partial charge is 0.388 e. The molecule has 0 amide bonds. The predicted octanol–water partition coefficient (Wildman–Crippen LogP) is 2.15. The van der Waals surface area contributed by atoms with E-state index in [9.17, 15) is 5.11 Å². The van der Waals surface area contributed by atoms with Gasteiger partial charge in [0.05, 0.1) is 6.10 Å². The second kappa shape index (κ2) is 3.04. The zero-order valence-electron chi connectivity index (χ0n) is 8.09. The van der Waals surface area contributed by atoms with Crippen LogP contribution in [0.25, 0.3) is 0 Å². The van der Waals surface area contributed by atoms with Crippen LogP contribution in [0.2, 0.25) is 0 Å². The van der Waals surface area contributed by atoms with Gasteiger partial charge in [-0.05, 0) is 31.4 Å². The molecule has 1 aliphatic heterocycles. The molecule has 1 heterocycles. The number of rotatable bonds is 0. The summed E-state index contributed by atoms with van der Waals surface area (Å²) >= 11 is 0. The minimum absolute atomic E-state index is 0.282. The molecule has 0 aromatic heterocycles. The van der Waals surface area contributed by atoms with E-state index in [4.69, 9.17) is 0 Å². The van der Waals surface area contributed by atoms with E-state index in [0.29, 0.717) is 0 Å². The first-order valence-electron chi connectivity index (χ1n) is 4.72. The maximum absolute atomic E-state index is 9.74. The highest BCUT2D eigenvalue weighted by molar-refractivity contribution is 5.61. The molecule has 2 rings (SSSR count). The molecule has 0 bridgehead atoms. The van der Waals surface area contributed by atoms with E-state index in [1.165, 1.54) is 11.1 Å². The van der Waals surface area contributed by atoms with E-state index in [-0.39, 0.29) is 6.10 Å². The molecule has 2 heteroatoms. The molecular weight excluding hydrogens is 162 g/mol. The number of anilines is 1. The van der Waals surface area contributed by atoms with Gasteiger partial charge in [0, 0.05) is 17.8 Å². The second-order valence-electron chi connectivity index (χ2n) is 3.70. The van der Waals surface area contributed by atoms with Crippen LogP contribution in [-0.2, 0) is 0 Å². The molecule has 1 aliphatic rings. The second-order valence-corrected chi connectivity index (χ2v) is 3.70. The van der Waals surface area contributed by atoms with E-state index < -0.39 is 0 Å². The molecular formula is C11H15NO. The zero-order valence-corrected chi connectivity index (χ0v) is 8.09. The smallest absolute Gasteiger partial charge is 0.0826 e. The minimum atomic E-state index is -0.282. The highest BCUT2D eigenvalue weighted by Crippen LogP contribution is 2.33. The van der Waals surface area contributed by atoms with E-state index in [2.05, 4.69) is 25.2 Å². The maximum Gasteiger partial charge on any atom is 0.0826 e. The topological polar surface area (TPSA) is 32.3 Å². The van der Waals surface area contributed by atoms with Gasteiger partial charge in [-0.2, -0.15) is 0 Å². The van der Waals surface area contributed by atoms with Crippen molar-refractivity contribution in [2.45, 2.75) is 26.4 Å². The normalized spacial score (nSPS) is 20.7.